The van der Waals surface area contributed by atoms with Crippen molar-refractivity contribution in [2.45, 2.75) is 52.2 Å². The van der Waals surface area contributed by atoms with Crippen molar-refractivity contribution in [3.05, 3.63) is 29.8 Å². The fraction of sp³-hybridized carbons (Fsp3) is 0.571. The van der Waals surface area contributed by atoms with Crippen molar-refractivity contribution in [2.24, 2.45) is 17.3 Å². The van der Waals surface area contributed by atoms with E-state index in [1.807, 2.05) is 13.8 Å². The lowest BCUT2D eigenvalue weighted by atomic mass is 9.54. The number of hydrogen-bond donors (Lipinski definition) is 3. The molecule has 2 saturated carbocycles. The molecule has 2 aliphatic rings. The molecule has 3 N–H and O–H groups in total. The Morgan fingerprint density at radius 2 is 1.82 bits per heavy atom. The topological polar surface area (TPSA) is 105 Å². The van der Waals surface area contributed by atoms with E-state index in [4.69, 9.17) is 4.74 Å². The first-order valence-electron chi connectivity index (χ1n) is 9.71. The van der Waals surface area contributed by atoms with Crippen LogP contribution >= 0.6 is 0 Å². The SMILES string of the molecule is CCOC1CC(NC(=O)c2ccc(NC(=O)C3CC3C)cc2)(C(=O)O)C1(C)C. The molecule has 0 bridgehead atoms. The average molecular weight is 388 g/mol. The molecule has 4 atom stereocenters. The van der Waals surface area contributed by atoms with E-state index >= 15 is 0 Å². The molecule has 0 heterocycles. The number of amides is 2. The molecule has 0 aliphatic heterocycles. The summed E-state index contributed by atoms with van der Waals surface area (Å²) in [4.78, 5) is 36.7. The number of aliphatic carboxylic acids is 1. The summed E-state index contributed by atoms with van der Waals surface area (Å²) in [6.45, 7) is 7.98. The van der Waals surface area contributed by atoms with Crippen LogP contribution in [0.25, 0.3) is 0 Å². The highest BCUT2D eigenvalue weighted by molar-refractivity contribution is 6.00. The van der Waals surface area contributed by atoms with Crippen LogP contribution in [0.2, 0.25) is 0 Å². The van der Waals surface area contributed by atoms with Gasteiger partial charge in [0.05, 0.1) is 6.10 Å². The van der Waals surface area contributed by atoms with Crippen LogP contribution in [0.3, 0.4) is 0 Å². The fourth-order valence-corrected chi connectivity index (χ4v) is 3.93. The molecule has 7 nitrogen and oxygen atoms in total. The zero-order valence-electron chi connectivity index (χ0n) is 16.7. The number of rotatable bonds is 7. The summed E-state index contributed by atoms with van der Waals surface area (Å²) < 4.78 is 5.62. The smallest absolute Gasteiger partial charge is 0.330 e. The molecule has 0 radical (unpaired) electrons. The largest absolute Gasteiger partial charge is 0.479 e. The minimum Gasteiger partial charge on any atom is -0.479 e. The Morgan fingerprint density at radius 3 is 2.29 bits per heavy atom. The van der Waals surface area contributed by atoms with Crippen molar-refractivity contribution in [1.82, 2.24) is 5.32 Å². The molecule has 0 aromatic heterocycles. The van der Waals surface area contributed by atoms with E-state index < -0.39 is 22.8 Å². The van der Waals surface area contributed by atoms with Crippen LogP contribution in [-0.4, -0.2) is 41.1 Å². The third-order valence-corrected chi connectivity index (χ3v) is 6.32. The van der Waals surface area contributed by atoms with E-state index in [1.54, 1.807) is 38.1 Å². The van der Waals surface area contributed by atoms with Crippen LogP contribution in [0.5, 0.6) is 0 Å². The number of nitrogens with one attached hydrogen (secondary N) is 2. The number of carboxylic acids is 1. The lowest BCUT2D eigenvalue weighted by Crippen LogP contribution is -2.76. The van der Waals surface area contributed by atoms with Gasteiger partial charge in [-0.2, -0.15) is 0 Å². The maximum atomic E-state index is 12.7. The second-order valence-corrected chi connectivity index (χ2v) is 8.42. The number of benzene rings is 1. The molecule has 152 valence electrons. The van der Waals surface area contributed by atoms with Gasteiger partial charge in [-0.15, -0.1) is 0 Å². The van der Waals surface area contributed by atoms with Crippen LogP contribution in [0.1, 0.15) is 50.9 Å². The summed E-state index contributed by atoms with van der Waals surface area (Å²) in [6, 6.07) is 6.48. The monoisotopic (exact) mass is 388 g/mol. The maximum absolute atomic E-state index is 12.7. The first kappa shape index (κ1) is 20.3. The highest BCUT2D eigenvalue weighted by Gasteiger charge is 2.66. The van der Waals surface area contributed by atoms with Crippen molar-refractivity contribution in [1.29, 1.82) is 0 Å². The molecule has 0 saturated heterocycles. The van der Waals surface area contributed by atoms with Gasteiger partial charge < -0.3 is 20.5 Å². The van der Waals surface area contributed by atoms with Crippen molar-refractivity contribution in [3.63, 3.8) is 0 Å². The Hall–Kier alpha value is -2.41. The van der Waals surface area contributed by atoms with Crippen molar-refractivity contribution >= 4 is 23.5 Å². The Morgan fingerprint density at radius 1 is 1.21 bits per heavy atom. The van der Waals surface area contributed by atoms with Crippen molar-refractivity contribution in [2.75, 3.05) is 11.9 Å². The van der Waals surface area contributed by atoms with Crippen molar-refractivity contribution in [3.8, 4) is 0 Å². The summed E-state index contributed by atoms with van der Waals surface area (Å²) in [6.07, 6.45) is 0.904. The normalized spacial score (nSPS) is 30.1. The quantitative estimate of drug-likeness (QED) is 0.666. The Balaban J connectivity index is 1.68. The highest BCUT2D eigenvalue weighted by Crippen LogP contribution is 2.51. The van der Waals surface area contributed by atoms with Gasteiger partial charge in [0.1, 0.15) is 5.54 Å². The number of hydrogen-bond acceptors (Lipinski definition) is 4. The molecular weight excluding hydrogens is 360 g/mol. The zero-order chi connectivity index (χ0) is 20.7. The van der Waals surface area contributed by atoms with Gasteiger partial charge in [0.2, 0.25) is 5.91 Å². The first-order chi connectivity index (χ1) is 13.1. The van der Waals surface area contributed by atoms with E-state index in [1.165, 1.54) is 0 Å². The van der Waals surface area contributed by atoms with Gasteiger partial charge in [0, 0.05) is 35.6 Å². The number of anilines is 1. The number of carbonyl (C=O) groups excluding carboxylic acids is 2. The molecular formula is C21H28N2O5. The van der Waals surface area contributed by atoms with Gasteiger partial charge >= 0.3 is 5.97 Å². The lowest BCUT2D eigenvalue weighted by molar-refractivity contribution is -0.190. The summed E-state index contributed by atoms with van der Waals surface area (Å²) in [5.41, 5.74) is -1.15. The van der Waals surface area contributed by atoms with E-state index in [0.29, 0.717) is 23.8 Å². The third kappa shape index (κ3) is 3.39. The molecule has 2 amide bonds. The van der Waals surface area contributed by atoms with E-state index in [2.05, 4.69) is 10.6 Å². The Kier molecular flexibility index (Phi) is 5.23. The molecule has 28 heavy (non-hydrogen) atoms. The average Bonchev–Trinajstić information content (AvgIpc) is 3.37. The Labute approximate surface area is 164 Å². The molecule has 1 aromatic rings. The predicted octanol–water partition coefficient (Wildman–Crippen LogP) is 2.67. The summed E-state index contributed by atoms with van der Waals surface area (Å²) in [5, 5.41) is 15.4. The summed E-state index contributed by atoms with van der Waals surface area (Å²) in [5.74, 6) is -1.04. The van der Waals surface area contributed by atoms with Gasteiger partial charge in [-0.3, -0.25) is 9.59 Å². The Bertz CT molecular complexity index is 788. The fourth-order valence-electron chi connectivity index (χ4n) is 3.93. The number of ether oxygens (including phenoxy) is 1. The first-order valence-corrected chi connectivity index (χ1v) is 9.71. The maximum Gasteiger partial charge on any atom is 0.330 e. The minimum atomic E-state index is -1.38. The van der Waals surface area contributed by atoms with Crippen molar-refractivity contribution < 1.29 is 24.2 Å². The van der Waals surface area contributed by atoms with E-state index in [9.17, 15) is 19.5 Å². The highest BCUT2D eigenvalue weighted by atomic mass is 16.5. The number of carboxylic acid groups (broad SMARTS) is 1. The molecule has 4 unspecified atom stereocenters. The van der Waals surface area contributed by atoms with E-state index in [0.717, 1.165) is 6.42 Å². The van der Waals surface area contributed by atoms with Gasteiger partial charge in [-0.05, 0) is 43.5 Å². The second-order valence-electron chi connectivity index (χ2n) is 8.42. The molecule has 7 heteroatoms. The molecule has 2 aliphatic carbocycles. The van der Waals surface area contributed by atoms with E-state index in [-0.39, 0.29) is 24.3 Å². The molecule has 2 fully saturated rings. The predicted molar refractivity (Wildman–Crippen MR) is 104 cm³/mol. The summed E-state index contributed by atoms with van der Waals surface area (Å²) >= 11 is 0. The summed E-state index contributed by atoms with van der Waals surface area (Å²) in [7, 11) is 0. The van der Waals surface area contributed by atoms with Gasteiger partial charge in [-0.25, -0.2) is 4.79 Å². The second kappa shape index (κ2) is 7.20. The van der Waals surface area contributed by atoms with Gasteiger partial charge in [-0.1, -0.05) is 20.8 Å². The lowest BCUT2D eigenvalue weighted by Gasteiger charge is -2.58. The van der Waals surface area contributed by atoms with Gasteiger partial charge in [0.15, 0.2) is 0 Å². The molecule has 1 aromatic carbocycles. The van der Waals surface area contributed by atoms with Gasteiger partial charge in [0.25, 0.3) is 5.91 Å². The van der Waals surface area contributed by atoms with Crippen LogP contribution in [0, 0.1) is 17.3 Å². The zero-order valence-corrected chi connectivity index (χ0v) is 16.7. The minimum absolute atomic E-state index is 0.00675. The van der Waals surface area contributed by atoms with Crippen LogP contribution < -0.4 is 10.6 Å². The van der Waals surface area contributed by atoms with Crippen LogP contribution in [0.15, 0.2) is 24.3 Å². The van der Waals surface area contributed by atoms with Crippen LogP contribution in [0.4, 0.5) is 5.69 Å². The standard InChI is InChI=1S/C21H28N2O5/c1-5-28-16-11-21(19(26)27,20(16,3)4)23-17(24)13-6-8-14(9-7-13)22-18(25)15-10-12(15)2/h6-9,12,15-16H,5,10-11H2,1-4H3,(H,22,25)(H,23,24)(H,26,27). The molecule has 3 rings (SSSR count). The van der Waals surface area contributed by atoms with Crippen LogP contribution in [-0.2, 0) is 14.3 Å². The number of carbonyl (C=O) groups is 3. The third-order valence-electron chi connectivity index (χ3n) is 6.32. The molecule has 0 spiro atoms.